The van der Waals surface area contributed by atoms with Crippen molar-refractivity contribution in [3.8, 4) is 0 Å². The van der Waals surface area contributed by atoms with Crippen LogP contribution in [0.4, 0.5) is 0 Å². The normalized spacial score (nSPS) is 22.2. The first-order valence-electron chi connectivity index (χ1n) is 7.10. The van der Waals surface area contributed by atoms with Crippen LogP contribution in [0, 0.1) is 0 Å². The lowest BCUT2D eigenvalue weighted by molar-refractivity contribution is 0.0844. The van der Waals surface area contributed by atoms with Crippen molar-refractivity contribution in [2.45, 2.75) is 58.1 Å². The fourth-order valence-corrected chi connectivity index (χ4v) is 3.52. The molecule has 1 aliphatic rings. The Hall–Kier alpha value is -0.130. The number of hydrogen-bond acceptors (Lipinski definition) is 4. The summed E-state index contributed by atoms with van der Waals surface area (Å²) in [5.41, 5.74) is 0. The maximum atomic E-state index is 11.7. The largest absolute Gasteiger partial charge is 0.377 e. The Morgan fingerprint density at radius 3 is 2.72 bits per heavy atom. The number of unbranched alkanes of at least 4 members (excludes halogenated alkanes) is 2. The number of rotatable bonds is 9. The smallest absolute Gasteiger partial charge is 0.151 e. The molecule has 1 rings (SSSR count). The van der Waals surface area contributed by atoms with Crippen molar-refractivity contribution in [1.82, 2.24) is 5.32 Å². The Kier molecular flexibility index (Phi) is 7.19. The average molecular weight is 277 g/mol. The summed E-state index contributed by atoms with van der Waals surface area (Å²) in [5, 5.41) is 3.27. The Balaban J connectivity index is 2.15. The molecule has 1 heterocycles. The van der Waals surface area contributed by atoms with Crippen LogP contribution in [-0.2, 0) is 14.6 Å². The fraction of sp³-hybridized carbons (Fsp3) is 1.00. The molecule has 1 N–H and O–H groups in total. The highest BCUT2D eigenvalue weighted by atomic mass is 32.2. The third-order valence-corrected chi connectivity index (χ3v) is 5.20. The zero-order valence-corrected chi connectivity index (χ0v) is 12.5. The van der Waals surface area contributed by atoms with Gasteiger partial charge in [0.25, 0.3) is 0 Å². The summed E-state index contributed by atoms with van der Waals surface area (Å²) in [4.78, 5) is 0. The van der Waals surface area contributed by atoms with Crippen molar-refractivity contribution >= 4 is 9.84 Å². The summed E-state index contributed by atoms with van der Waals surface area (Å²) < 4.78 is 29.0. The minimum atomic E-state index is -2.88. The topological polar surface area (TPSA) is 55.4 Å². The number of hydrogen-bond donors (Lipinski definition) is 1. The van der Waals surface area contributed by atoms with Gasteiger partial charge in [-0.3, -0.25) is 0 Å². The second kappa shape index (κ2) is 8.12. The lowest BCUT2D eigenvalue weighted by Gasteiger charge is -2.19. The number of ether oxygens (including phenoxy) is 1. The first-order chi connectivity index (χ1) is 8.55. The van der Waals surface area contributed by atoms with Crippen molar-refractivity contribution in [2.75, 3.05) is 24.7 Å². The summed E-state index contributed by atoms with van der Waals surface area (Å²) in [7, 11) is -2.88. The van der Waals surface area contributed by atoms with Crippen LogP contribution < -0.4 is 5.32 Å². The van der Waals surface area contributed by atoms with E-state index in [4.69, 9.17) is 4.74 Å². The summed E-state index contributed by atoms with van der Waals surface area (Å²) in [5.74, 6) is 0.574. The maximum Gasteiger partial charge on any atom is 0.151 e. The molecule has 1 saturated heterocycles. The Morgan fingerprint density at radius 2 is 2.11 bits per heavy atom. The molecule has 4 nitrogen and oxygen atoms in total. The van der Waals surface area contributed by atoms with E-state index in [0.29, 0.717) is 12.3 Å². The summed E-state index contributed by atoms with van der Waals surface area (Å²) in [6.07, 6.45) is 5.31. The van der Waals surface area contributed by atoms with E-state index in [1.165, 1.54) is 0 Å². The molecular formula is C13H27NO3S. The van der Waals surface area contributed by atoms with Gasteiger partial charge in [-0.25, -0.2) is 8.42 Å². The molecule has 1 aliphatic heterocycles. The van der Waals surface area contributed by atoms with Gasteiger partial charge in [0.2, 0.25) is 0 Å². The van der Waals surface area contributed by atoms with E-state index in [9.17, 15) is 8.42 Å². The molecule has 1 fully saturated rings. The molecule has 0 aliphatic carbocycles. The Bertz CT molecular complexity index is 310. The van der Waals surface area contributed by atoms with Gasteiger partial charge in [0.05, 0.1) is 17.6 Å². The van der Waals surface area contributed by atoms with Crippen LogP contribution in [0.25, 0.3) is 0 Å². The second-order valence-electron chi connectivity index (χ2n) is 5.15. The first-order valence-corrected chi connectivity index (χ1v) is 8.92. The van der Waals surface area contributed by atoms with Crippen LogP contribution in [0.3, 0.4) is 0 Å². The van der Waals surface area contributed by atoms with Crippen molar-refractivity contribution in [1.29, 1.82) is 0 Å². The summed E-state index contributed by atoms with van der Waals surface area (Å²) >= 11 is 0. The molecule has 108 valence electrons. The summed E-state index contributed by atoms with van der Waals surface area (Å²) in [6.45, 7) is 5.53. The molecule has 0 bridgehead atoms. The van der Waals surface area contributed by atoms with E-state index < -0.39 is 9.84 Å². The molecule has 2 atom stereocenters. The summed E-state index contributed by atoms with van der Waals surface area (Å²) in [6, 6.07) is 0.248. The molecule has 18 heavy (non-hydrogen) atoms. The van der Waals surface area contributed by atoms with Gasteiger partial charge in [-0.15, -0.1) is 0 Å². The molecule has 0 radical (unpaired) electrons. The van der Waals surface area contributed by atoms with Crippen molar-refractivity contribution in [3.63, 3.8) is 0 Å². The van der Waals surface area contributed by atoms with Crippen molar-refractivity contribution < 1.29 is 13.2 Å². The highest BCUT2D eigenvalue weighted by Crippen LogP contribution is 2.15. The minimum absolute atomic E-state index is 0.244. The van der Waals surface area contributed by atoms with Gasteiger partial charge in [-0.05, 0) is 26.2 Å². The van der Waals surface area contributed by atoms with Gasteiger partial charge in [0, 0.05) is 19.2 Å². The SMILES string of the molecule is CCCCCS(=O)(=O)CCNC(C)C1CCCO1. The molecule has 0 amide bonds. The van der Waals surface area contributed by atoms with Gasteiger partial charge in [-0.2, -0.15) is 0 Å². The van der Waals surface area contributed by atoms with Gasteiger partial charge in [0.1, 0.15) is 0 Å². The molecule has 0 aromatic carbocycles. The number of nitrogens with one attached hydrogen (secondary N) is 1. The highest BCUT2D eigenvalue weighted by Gasteiger charge is 2.22. The van der Waals surface area contributed by atoms with Gasteiger partial charge < -0.3 is 10.1 Å². The average Bonchev–Trinajstić information content (AvgIpc) is 2.82. The molecule has 0 aromatic rings. The predicted molar refractivity (Wildman–Crippen MR) is 74.6 cm³/mol. The van der Waals surface area contributed by atoms with Crippen LogP contribution in [-0.4, -0.2) is 45.2 Å². The molecule has 0 spiro atoms. The van der Waals surface area contributed by atoms with E-state index in [0.717, 1.165) is 38.7 Å². The quantitative estimate of drug-likeness (QED) is 0.652. The van der Waals surface area contributed by atoms with Crippen LogP contribution >= 0.6 is 0 Å². The van der Waals surface area contributed by atoms with Crippen LogP contribution in [0.1, 0.15) is 46.0 Å². The van der Waals surface area contributed by atoms with Gasteiger partial charge in [-0.1, -0.05) is 19.8 Å². The third-order valence-electron chi connectivity index (χ3n) is 3.46. The molecule has 0 aromatic heterocycles. The molecule has 2 unspecified atom stereocenters. The zero-order valence-electron chi connectivity index (χ0n) is 11.7. The van der Waals surface area contributed by atoms with E-state index in [2.05, 4.69) is 19.2 Å². The van der Waals surface area contributed by atoms with Gasteiger partial charge >= 0.3 is 0 Å². The van der Waals surface area contributed by atoms with Crippen LogP contribution in [0.15, 0.2) is 0 Å². The lowest BCUT2D eigenvalue weighted by Crippen LogP contribution is -2.39. The van der Waals surface area contributed by atoms with E-state index in [1.807, 2.05) is 0 Å². The van der Waals surface area contributed by atoms with E-state index in [1.54, 1.807) is 0 Å². The molecular weight excluding hydrogens is 250 g/mol. The molecule has 0 saturated carbocycles. The van der Waals surface area contributed by atoms with E-state index in [-0.39, 0.29) is 17.9 Å². The first kappa shape index (κ1) is 15.9. The van der Waals surface area contributed by atoms with Crippen LogP contribution in [0.5, 0.6) is 0 Å². The minimum Gasteiger partial charge on any atom is -0.377 e. The van der Waals surface area contributed by atoms with Crippen molar-refractivity contribution in [2.24, 2.45) is 0 Å². The Morgan fingerprint density at radius 1 is 1.33 bits per heavy atom. The fourth-order valence-electron chi connectivity index (χ4n) is 2.24. The highest BCUT2D eigenvalue weighted by molar-refractivity contribution is 7.91. The predicted octanol–water partition coefficient (Wildman–Crippen LogP) is 1.75. The zero-order chi connectivity index (χ0) is 13.4. The Labute approximate surface area is 111 Å². The van der Waals surface area contributed by atoms with Gasteiger partial charge in [0.15, 0.2) is 9.84 Å². The van der Waals surface area contributed by atoms with Crippen LogP contribution in [0.2, 0.25) is 0 Å². The second-order valence-corrected chi connectivity index (χ2v) is 7.46. The maximum absolute atomic E-state index is 11.7. The van der Waals surface area contributed by atoms with Crippen molar-refractivity contribution in [3.05, 3.63) is 0 Å². The monoisotopic (exact) mass is 277 g/mol. The number of sulfone groups is 1. The lowest BCUT2D eigenvalue weighted by atomic mass is 10.1. The third kappa shape index (κ3) is 6.16. The molecule has 5 heteroatoms. The van der Waals surface area contributed by atoms with E-state index >= 15 is 0 Å². The standard InChI is InChI=1S/C13H27NO3S/c1-3-4-5-10-18(15,16)11-8-14-12(2)13-7-6-9-17-13/h12-14H,3-11H2,1-2H3.